The molecule has 3 nitrogen and oxygen atoms in total. The highest BCUT2D eigenvalue weighted by Gasteiger charge is 2.14. The average molecular weight is 437 g/mol. The lowest BCUT2D eigenvalue weighted by Crippen LogP contribution is -2.25. The van der Waals surface area contributed by atoms with Gasteiger partial charge in [0.2, 0.25) is 0 Å². The van der Waals surface area contributed by atoms with Gasteiger partial charge in [0.05, 0.1) is 5.52 Å². The van der Waals surface area contributed by atoms with Gasteiger partial charge in [0, 0.05) is 23.2 Å². The lowest BCUT2D eigenvalue weighted by atomic mass is 10.00. The van der Waals surface area contributed by atoms with Crippen LogP contribution in [0.2, 0.25) is 0 Å². The van der Waals surface area contributed by atoms with Crippen LogP contribution in [-0.2, 0) is 6.42 Å². The fraction of sp³-hybridized carbons (Fsp3) is 0.138. The van der Waals surface area contributed by atoms with Gasteiger partial charge < -0.3 is 10.3 Å². The highest BCUT2D eigenvalue weighted by atomic mass is 19.1. The first-order chi connectivity index (χ1) is 16.0. The molecule has 164 valence electrons. The molecular weight excluding hydrogens is 411 g/mol. The molecule has 4 aromatic carbocycles. The maximum absolute atomic E-state index is 14.2. The Bertz CT molecular complexity index is 1480. The summed E-state index contributed by atoms with van der Waals surface area (Å²) in [5.41, 5.74) is 6.38. The molecular formula is C29H25FN2O. The summed E-state index contributed by atoms with van der Waals surface area (Å²) in [6, 6.07) is 25.6. The molecule has 0 atom stereocenters. The number of H-pyrrole nitrogens is 1. The van der Waals surface area contributed by atoms with Crippen LogP contribution in [-0.4, -0.2) is 17.4 Å². The van der Waals surface area contributed by atoms with Crippen molar-refractivity contribution in [3.8, 4) is 11.1 Å². The van der Waals surface area contributed by atoms with Crippen LogP contribution in [0.3, 0.4) is 0 Å². The molecule has 0 aliphatic rings. The molecule has 0 saturated heterocycles. The fourth-order valence-electron chi connectivity index (χ4n) is 4.54. The number of aryl methyl sites for hydroxylation is 2. The lowest BCUT2D eigenvalue weighted by Gasteiger charge is -2.08. The number of carbonyl (C=O) groups is 1. The van der Waals surface area contributed by atoms with Crippen LogP contribution in [0.1, 0.15) is 27.2 Å². The highest BCUT2D eigenvalue weighted by Crippen LogP contribution is 2.28. The number of aromatic nitrogens is 1. The molecule has 0 spiro atoms. The standard InChI is InChI=1S/C29H25FN2O/c1-18-7-14-26(30)28-27(18)25(19(2)32-28)15-16-31-29(33)22-11-8-21(9-12-22)24-13-10-20-5-3-4-6-23(20)17-24/h3-14,17,32H,15-16H2,1-2H3,(H,31,33). The summed E-state index contributed by atoms with van der Waals surface area (Å²) in [7, 11) is 0. The van der Waals surface area contributed by atoms with Crippen molar-refractivity contribution in [1.29, 1.82) is 0 Å². The van der Waals surface area contributed by atoms with Crippen molar-refractivity contribution in [2.45, 2.75) is 20.3 Å². The van der Waals surface area contributed by atoms with E-state index in [1.165, 1.54) is 16.8 Å². The number of nitrogens with one attached hydrogen (secondary N) is 2. The van der Waals surface area contributed by atoms with E-state index in [0.717, 1.165) is 33.3 Å². The topological polar surface area (TPSA) is 44.9 Å². The molecule has 5 aromatic rings. The molecule has 0 saturated carbocycles. The zero-order valence-electron chi connectivity index (χ0n) is 18.7. The molecule has 2 N–H and O–H groups in total. The average Bonchev–Trinajstić information content (AvgIpc) is 3.18. The minimum Gasteiger partial charge on any atom is -0.356 e. The Labute approximate surface area is 192 Å². The van der Waals surface area contributed by atoms with Gasteiger partial charge in [-0.2, -0.15) is 0 Å². The first-order valence-electron chi connectivity index (χ1n) is 11.1. The Morgan fingerprint density at radius 1 is 0.879 bits per heavy atom. The van der Waals surface area contributed by atoms with Crippen molar-refractivity contribution in [2.24, 2.45) is 0 Å². The van der Waals surface area contributed by atoms with Gasteiger partial charge in [-0.1, -0.05) is 54.6 Å². The molecule has 1 amide bonds. The molecule has 0 aliphatic heterocycles. The van der Waals surface area contributed by atoms with E-state index in [-0.39, 0.29) is 11.7 Å². The Hall–Kier alpha value is -3.92. The number of halogens is 1. The molecule has 0 unspecified atom stereocenters. The summed E-state index contributed by atoms with van der Waals surface area (Å²) >= 11 is 0. The number of carbonyl (C=O) groups excluding carboxylic acids is 1. The predicted molar refractivity (Wildman–Crippen MR) is 133 cm³/mol. The third-order valence-corrected chi connectivity index (χ3v) is 6.32. The summed E-state index contributed by atoms with van der Waals surface area (Å²) in [5.74, 6) is -0.360. The minimum atomic E-state index is -0.250. The highest BCUT2D eigenvalue weighted by molar-refractivity contribution is 5.95. The van der Waals surface area contributed by atoms with Crippen molar-refractivity contribution in [1.82, 2.24) is 10.3 Å². The van der Waals surface area contributed by atoms with E-state index < -0.39 is 0 Å². The van der Waals surface area contributed by atoms with Crippen LogP contribution in [0.25, 0.3) is 32.8 Å². The van der Waals surface area contributed by atoms with E-state index in [0.29, 0.717) is 24.0 Å². The van der Waals surface area contributed by atoms with E-state index in [1.807, 2.05) is 50.2 Å². The van der Waals surface area contributed by atoms with Gasteiger partial charge in [0.25, 0.3) is 5.91 Å². The predicted octanol–water partition coefficient (Wildman–Crippen LogP) is 6.72. The maximum atomic E-state index is 14.2. The fourth-order valence-corrected chi connectivity index (χ4v) is 4.54. The van der Waals surface area contributed by atoms with Gasteiger partial charge >= 0.3 is 0 Å². The molecule has 5 rings (SSSR count). The first-order valence-corrected chi connectivity index (χ1v) is 11.1. The van der Waals surface area contributed by atoms with E-state index in [9.17, 15) is 9.18 Å². The van der Waals surface area contributed by atoms with Crippen molar-refractivity contribution < 1.29 is 9.18 Å². The Balaban J connectivity index is 1.27. The summed E-state index contributed by atoms with van der Waals surface area (Å²) in [6.07, 6.45) is 0.636. The van der Waals surface area contributed by atoms with Crippen LogP contribution < -0.4 is 5.32 Å². The Morgan fingerprint density at radius 2 is 1.61 bits per heavy atom. The van der Waals surface area contributed by atoms with Crippen LogP contribution in [0.4, 0.5) is 4.39 Å². The Kier molecular flexibility index (Phi) is 5.43. The van der Waals surface area contributed by atoms with Gasteiger partial charge in [0.1, 0.15) is 5.82 Å². The van der Waals surface area contributed by atoms with Crippen LogP contribution in [0.15, 0.2) is 78.9 Å². The third kappa shape index (κ3) is 4.00. The van der Waals surface area contributed by atoms with Gasteiger partial charge in [-0.25, -0.2) is 4.39 Å². The normalized spacial score (nSPS) is 11.2. The van der Waals surface area contributed by atoms with Gasteiger partial charge in [-0.3, -0.25) is 4.79 Å². The summed E-state index contributed by atoms with van der Waals surface area (Å²) in [5, 5.41) is 6.32. The number of fused-ring (bicyclic) bond motifs is 2. The second-order valence-electron chi connectivity index (χ2n) is 8.49. The largest absolute Gasteiger partial charge is 0.356 e. The van der Waals surface area contributed by atoms with Gasteiger partial charge in [0.15, 0.2) is 0 Å². The Morgan fingerprint density at radius 3 is 2.39 bits per heavy atom. The lowest BCUT2D eigenvalue weighted by molar-refractivity contribution is 0.0954. The van der Waals surface area contributed by atoms with Crippen LogP contribution in [0.5, 0.6) is 0 Å². The molecule has 33 heavy (non-hydrogen) atoms. The molecule has 4 heteroatoms. The summed E-state index contributed by atoms with van der Waals surface area (Å²) < 4.78 is 14.2. The summed E-state index contributed by atoms with van der Waals surface area (Å²) in [4.78, 5) is 15.8. The van der Waals surface area contributed by atoms with Crippen molar-refractivity contribution in [2.75, 3.05) is 6.54 Å². The minimum absolute atomic E-state index is 0.111. The monoisotopic (exact) mass is 436 g/mol. The number of amides is 1. The van der Waals surface area contributed by atoms with E-state index in [2.05, 4.69) is 40.6 Å². The number of rotatable bonds is 5. The maximum Gasteiger partial charge on any atom is 0.251 e. The van der Waals surface area contributed by atoms with Crippen LogP contribution >= 0.6 is 0 Å². The van der Waals surface area contributed by atoms with E-state index >= 15 is 0 Å². The molecule has 0 radical (unpaired) electrons. The third-order valence-electron chi connectivity index (χ3n) is 6.32. The SMILES string of the molecule is Cc1[nH]c2c(F)ccc(C)c2c1CCNC(=O)c1ccc(-c2ccc3ccccc3c2)cc1. The van der Waals surface area contributed by atoms with E-state index in [4.69, 9.17) is 0 Å². The zero-order valence-corrected chi connectivity index (χ0v) is 18.7. The molecule has 0 aliphatic carbocycles. The second-order valence-corrected chi connectivity index (χ2v) is 8.49. The smallest absolute Gasteiger partial charge is 0.251 e. The number of hydrogen-bond donors (Lipinski definition) is 2. The number of benzene rings is 4. The zero-order chi connectivity index (χ0) is 22.9. The van der Waals surface area contributed by atoms with Crippen molar-refractivity contribution >= 4 is 27.6 Å². The van der Waals surface area contributed by atoms with Crippen molar-refractivity contribution in [3.63, 3.8) is 0 Å². The molecule has 1 aromatic heterocycles. The van der Waals surface area contributed by atoms with Crippen LogP contribution in [0, 0.1) is 19.7 Å². The first kappa shape index (κ1) is 21.0. The number of aromatic amines is 1. The van der Waals surface area contributed by atoms with Gasteiger partial charge in [-0.05, 0) is 77.6 Å². The van der Waals surface area contributed by atoms with Crippen molar-refractivity contribution in [3.05, 3.63) is 107 Å². The van der Waals surface area contributed by atoms with Gasteiger partial charge in [-0.15, -0.1) is 0 Å². The number of hydrogen-bond acceptors (Lipinski definition) is 1. The van der Waals surface area contributed by atoms with E-state index in [1.54, 1.807) is 6.07 Å². The molecule has 1 heterocycles. The quantitative estimate of drug-likeness (QED) is 0.316. The second kappa shape index (κ2) is 8.55. The summed E-state index contributed by atoms with van der Waals surface area (Å²) in [6.45, 7) is 4.41. The molecule has 0 bridgehead atoms. The molecule has 0 fully saturated rings.